The summed E-state index contributed by atoms with van der Waals surface area (Å²) in [6.07, 6.45) is 5.25. The highest BCUT2D eigenvalue weighted by Gasteiger charge is 2.33. The zero-order valence-electron chi connectivity index (χ0n) is 11.8. The fourth-order valence-corrected chi connectivity index (χ4v) is 5.68. The van der Waals surface area contributed by atoms with Crippen LogP contribution in [-0.2, 0) is 16.3 Å². The van der Waals surface area contributed by atoms with Crippen molar-refractivity contribution in [3.63, 3.8) is 0 Å². The van der Waals surface area contributed by atoms with E-state index >= 15 is 0 Å². The van der Waals surface area contributed by atoms with Gasteiger partial charge in [0.25, 0.3) is 0 Å². The molecule has 1 aliphatic carbocycles. The van der Waals surface area contributed by atoms with Crippen molar-refractivity contribution in [1.82, 2.24) is 0 Å². The summed E-state index contributed by atoms with van der Waals surface area (Å²) >= 11 is 0. The van der Waals surface area contributed by atoms with Crippen molar-refractivity contribution >= 4 is 9.84 Å². The second-order valence-corrected chi connectivity index (χ2v) is 8.58. The van der Waals surface area contributed by atoms with E-state index in [-0.39, 0.29) is 12.0 Å². The maximum absolute atomic E-state index is 11.6. The molecule has 1 fully saturated rings. The standard InChI is InChI=1S/C16H23NO2S/c17-16(14-8-9-20(18,19)11-14)10-13-6-3-5-12-4-1-2-7-15(12)13/h1-2,4,7,13-14,16H,3,5-6,8-11,17H2. The maximum atomic E-state index is 11.6. The third-order valence-electron chi connectivity index (χ3n) is 4.92. The summed E-state index contributed by atoms with van der Waals surface area (Å²) in [6, 6.07) is 8.65. The molecule has 3 rings (SSSR count). The van der Waals surface area contributed by atoms with Crippen LogP contribution >= 0.6 is 0 Å². The van der Waals surface area contributed by atoms with Crippen molar-refractivity contribution in [2.24, 2.45) is 11.7 Å². The van der Waals surface area contributed by atoms with Crippen molar-refractivity contribution in [3.8, 4) is 0 Å². The van der Waals surface area contributed by atoms with Gasteiger partial charge in [0.1, 0.15) is 0 Å². The van der Waals surface area contributed by atoms with E-state index < -0.39 is 9.84 Å². The lowest BCUT2D eigenvalue weighted by atomic mass is 9.78. The summed E-state index contributed by atoms with van der Waals surface area (Å²) in [7, 11) is -2.82. The summed E-state index contributed by atoms with van der Waals surface area (Å²) < 4.78 is 23.2. The summed E-state index contributed by atoms with van der Waals surface area (Å²) in [5.74, 6) is 1.29. The summed E-state index contributed by atoms with van der Waals surface area (Å²) in [5.41, 5.74) is 9.22. The van der Waals surface area contributed by atoms with Crippen LogP contribution in [0.1, 0.15) is 42.7 Å². The molecular formula is C16H23NO2S. The molecule has 4 heteroatoms. The van der Waals surface area contributed by atoms with Crippen molar-refractivity contribution in [2.75, 3.05) is 11.5 Å². The third-order valence-corrected chi connectivity index (χ3v) is 6.72. The predicted molar refractivity (Wildman–Crippen MR) is 81.5 cm³/mol. The molecule has 0 radical (unpaired) electrons. The predicted octanol–water partition coefficient (Wildman–Crippen LogP) is 2.26. The Morgan fingerprint density at radius 3 is 2.80 bits per heavy atom. The summed E-state index contributed by atoms with van der Waals surface area (Å²) in [4.78, 5) is 0. The highest BCUT2D eigenvalue weighted by Crippen LogP contribution is 2.36. The van der Waals surface area contributed by atoms with E-state index in [0.717, 1.165) is 12.8 Å². The highest BCUT2D eigenvalue weighted by atomic mass is 32.2. The van der Waals surface area contributed by atoms with Gasteiger partial charge < -0.3 is 5.73 Å². The van der Waals surface area contributed by atoms with Crippen molar-refractivity contribution in [1.29, 1.82) is 0 Å². The monoisotopic (exact) mass is 293 g/mol. The van der Waals surface area contributed by atoms with Gasteiger partial charge in [-0.2, -0.15) is 0 Å². The Hall–Kier alpha value is -0.870. The number of benzene rings is 1. The molecule has 0 bridgehead atoms. The molecule has 0 spiro atoms. The lowest BCUT2D eigenvalue weighted by Crippen LogP contribution is -2.33. The number of sulfone groups is 1. The number of hydrogen-bond donors (Lipinski definition) is 1. The largest absolute Gasteiger partial charge is 0.327 e. The first-order valence-corrected chi connectivity index (χ1v) is 9.41. The first-order valence-electron chi connectivity index (χ1n) is 7.59. The number of rotatable bonds is 3. The number of aryl methyl sites for hydroxylation is 1. The Morgan fingerprint density at radius 1 is 1.25 bits per heavy atom. The zero-order chi connectivity index (χ0) is 14.2. The molecular weight excluding hydrogens is 270 g/mol. The van der Waals surface area contributed by atoms with Gasteiger partial charge >= 0.3 is 0 Å². The average molecular weight is 293 g/mol. The molecule has 1 saturated heterocycles. The van der Waals surface area contributed by atoms with Gasteiger partial charge in [-0.1, -0.05) is 24.3 Å². The fourth-order valence-electron chi connectivity index (χ4n) is 3.78. The second kappa shape index (κ2) is 5.49. The van der Waals surface area contributed by atoms with Crippen LogP contribution < -0.4 is 5.73 Å². The molecule has 3 nitrogen and oxygen atoms in total. The number of hydrogen-bond acceptors (Lipinski definition) is 3. The number of fused-ring (bicyclic) bond motifs is 1. The zero-order valence-corrected chi connectivity index (χ0v) is 12.6. The van der Waals surface area contributed by atoms with Crippen molar-refractivity contribution in [3.05, 3.63) is 35.4 Å². The van der Waals surface area contributed by atoms with Gasteiger partial charge in [0.15, 0.2) is 9.84 Å². The fraction of sp³-hybridized carbons (Fsp3) is 0.625. The minimum atomic E-state index is -2.82. The lowest BCUT2D eigenvalue weighted by Gasteiger charge is -2.29. The Labute approximate surface area is 121 Å². The molecule has 0 aromatic heterocycles. The Balaban J connectivity index is 1.70. The molecule has 1 heterocycles. The van der Waals surface area contributed by atoms with Gasteiger partial charge in [-0.15, -0.1) is 0 Å². The number of nitrogens with two attached hydrogens (primary N) is 1. The van der Waals surface area contributed by atoms with E-state index in [0.29, 0.717) is 17.4 Å². The molecule has 3 unspecified atom stereocenters. The maximum Gasteiger partial charge on any atom is 0.150 e. The third kappa shape index (κ3) is 2.91. The molecule has 110 valence electrons. The topological polar surface area (TPSA) is 60.2 Å². The van der Waals surface area contributed by atoms with E-state index in [4.69, 9.17) is 5.73 Å². The van der Waals surface area contributed by atoms with E-state index in [1.165, 1.54) is 30.4 Å². The molecule has 1 aromatic rings. The first-order chi connectivity index (χ1) is 9.55. The van der Waals surface area contributed by atoms with Crippen LogP contribution in [0.15, 0.2) is 24.3 Å². The van der Waals surface area contributed by atoms with Crippen LogP contribution in [0.2, 0.25) is 0 Å². The second-order valence-electron chi connectivity index (χ2n) is 6.35. The van der Waals surface area contributed by atoms with E-state index in [1.54, 1.807) is 0 Å². The Morgan fingerprint density at radius 2 is 2.05 bits per heavy atom. The van der Waals surface area contributed by atoms with Crippen LogP contribution in [0, 0.1) is 5.92 Å². The highest BCUT2D eigenvalue weighted by molar-refractivity contribution is 7.91. The van der Waals surface area contributed by atoms with Gasteiger partial charge in [-0.05, 0) is 55.1 Å². The average Bonchev–Trinajstić information content (AvgIpc) is 2.80. The SMILES string of the molecule is NC(CC1CCCc2ccccc21)C1CCS(=O)(=O)C1. The molecule has 2 N–H and O–H groups in total. The summed E-state index contributed by atoms with van der Waals surface area (Å²) in [6.45, 7) is 0. The minimum Gasteiger partial charge on any atom is -0.327 e. The Bertz CT molecular complexity index is 582. The normalized spacial score (nSPS) is 29.9. The lowest BCUT2D eigenvalue weighted by molar-refractivity contribution is 0.385. The minimum absolute atomic E-state index is 0.0171. The van der Waals surface area contributed by atoms with Crippen LogP contribution in [0.3, 0.4) is 0 Å². The Kier molecular flexibility index (Phi) is 3.87. The van der Waals surface area contributed by atoms with E-state index in [1.807, 2.05) is 0 Å². The van der Waals surface area contributed by atoms with Gasteiger partial charge in [-0.25, -0.2) is 8.42 Å². The van der Waals surface area contributed by atoms with Crippen LogP contribution in [-0.4, -0.2) is 26.0 Å². The molecule has 1 aliphatic heterocycles. The van der Waals surface area contributed by atoms with Crippen LogP contribution in [0.25, 0.3) is 0 Å². The van der Waals surface area contributed by atoms with Crippen molar-refractivity contribution < 1.29 is 8.42 Å². The van der Waals surface area contributed by atoms with Gasteiger partial charge in [0, 0.05) is 6.04 Å². The molecule has 2 aliphatic rings. The van der Waals surface area contributed by atoms with Gasteiger partial charge in [-0.3, -0.25) is 0 Å². The van der Waals surface area contributed by atoms with E-state index in [2.05, 4.69) is 24.3 Å². The van der Waals surface area contributed by atoms with Crippen LogP contribution in [0.4, 0.5) is 0 Å². The summed E-state index contributed by atoms with van der Waals surface area (Å²) in [5, 5.41) is 0. The van der Waals surface area contributed by atoms with E-state index in [9.17, 15) is 8.42 Å². The van der Waals surface area contributed by atoms with Gasteiger partial charge in [0.2, 0.25) is 0 Å². The quantitative estimate of drug-likeness (QED) is 0.930. The van der Waals surface area contributed by atoms with Crippen LogP contribution in [0.5, 0.6) is 0 Å². The molecule has 3 atom stereocenters. The first kappa shape index (κ1) is 14.1. The molecule has 0 amide bonds. The molecule has 1 aromatic carbocycles. The van der Waals surface area contributed by atoms with Crippen molar-refractivity contribution in [2.45, 2.75) is 44.1 Å². The molecule has 20 heavy (non-hydrogen) atoms. The molecule has 0 saturated carbocycles. The van der Waals surface area contributed by atoms with Gasteiger partial charge in [0.05, 0.1) is 11.5 Å². The smallest absolute Gasteiger partial charge is 0.150 e.